The highest BCUT2D eigenvalue weighted by Crippen LogP contribution is 2.41. The second-order valence-corrected chi connectivity index (χ2v) is 10.8. The van der Waals surface area contributed by atoms with E-state index in [9.17, 15) is 13.7 Å². The zero-order valence-corrected chi connectivity index (χ0v) is 19.7. The van der Waals surface area contributed by atoms with Crippen LogP contribution in [0.3, 0.4) is 0 Å². The highest BCUT2D eigenvalue weighted by atomic mass is 79.9. The molecule has 0 aromatic heterocycles. The highest BCUT2D eigenvalue weighted by Gasteiger charge is 2.37. The fourth-order valence-electron chi connectivity index (χ4n) is 4.55. The van der Waals surface area contributed by atoms with Crippen LogP contribution < -0.4 is 9.46 Å². The Morgan fingerprint density at radius 2 is 2.00 bits per heavy atom. The lowest BCUT2D eigenvalue weighted by molar-refractivity contribution is 0.0646. The van der Waals surface area contributed by atoms with Gasteiger partial charge in [0.05, 0.1) is 22.6 Å². The number of sulfonamides is 1. The number of rotatable bonds is 7. The molecule has 0 radical (unpaired) electrons. The number of hydrogen-bond acceptors (Lipinski definition) is 5. The number of halogens is 1. The van der Waals surface area contributed by atoms with Crippen molar-refractivity contribution in [3.05, 3.63) is 58.1 Å². The van der Waals surface area contributed by atoms with E-state index in [0.717, 1.165) is 54.6 Å². The lowest BCUT2D eigenvalue weighted by Crippen LogP contribution is -2.49. The zero-order valence-electron chi connectivity index (χ0n) is 17.3. The number of piperidine rings is 1. The van der Waals surface area contributed by atoms with Gasteiger partial charge >= 0.3 is 0 Å². The molecule has 0 unspecified atom stereocenters. The van der Waals surface area contributed by atoms with E-state index in [1.807, 2.05) is 18.2 Å². The van der Waals surface area contributed by atoms with E-state index >= 15 is 0 Å². The van der Waals surface area contributed by atoms with Crippen LogP contribution >= 0.6 is 15.9 Å². The van der Waals surface area contributed by atoms with E-state index in [-0.39, 0.29) is 4.90 Å². The lowest BCUT2D eigenvalue weighted by atomic mass is 9.81. The van der Waals surface area contributed by atoms with Gasteiger partial charge in [-0.3, -0.25) is 4.90 Å². The molecule has 2 atom stereocenters. The number of nitrogens with one attached hydrogen (secondary N) is 1. The molecular weight excluding hydrogens is 478 g/mol. The molecule has 2 aromatic carbocycles. The maximum atomic E-state index is 12.4. The molecule has 8 heteroatoms. The summed E-state index contributed by atoms with van der Waals surface area (Å²) in [7, 11) is -3.47. The Hall–Kier alpha value is -1.92. The van der Waals surface area contributed by atoms with E-state index in [1.165, 1.54) is 0 Å². The van der Waals surface area contributed by atoms with Crippen molar-refractivity contribution in [1.82, 2.24) is 9.62 Å². The fraction of sp³-hybridized carbons (Fsp3) is 0.435. The van der Waals surface area contributed by atoms with Gasteiger partial charge in [-0.25, -0.2) is 13.1 Å². The van der Waals surface area contributed by atoms with Gasteiger partial charge in [-0.15, -0.1) is 0 Å². The van der Waals surface area contributed by atoms with Crippen molar-refractivity contribution in [2.24, 2.45) is 0 Å². The molecule has 1 fully saturated rings. The van der Waals surface area contributed by atoms with Crippen molar-refractivity contribution in [3.8, 4) is 11.8 Å². The van der Waals surface area contributed by atoms with Crippen LogP contribution in [0, 0.1) is 11.3 Å². The Bertz CT molecular complexity index is 1070. The van der Waals surface area contributed by atoms with Crippen molar-refractivity contribution in [1.29, 1.82) is 5.26 Å². The minimum absolute atomic E-state index is 0.282. The molecule has 0 saturated carbocycles. The number of ether oxygens (including phenoxy) is 1. The van der Waals surface area contributed by atoms with Crippen LogP contribution in [0.2, 0.25) is 0 Å². The standard InChI is InChI=1S/C23H26BrN3O3S/c24-18-6-8-19(9-7-18)31(28,29)26-11-1-2-12-27-13-3-4-20-21-14-17(15-25)5-10-23(21)30-16-22(20)27/h5-10,14,20,22,26H,1-4,11-13,16H2/t20-,22-/m1/s1. The van der Waals surface area contributed by atoms with E-state index in [1.54, 1.807) is 24.3 Å². The maximum Gasteiger partial charge on any atom is 0.240 e. The quantitative estimate of drug-likeness (QED) is 0.576. The Balaban J connectivity index is 1.29. The molecule has 0 spiro atoms. The predicted molar refractivity (Wildman–Crippen MR) is 123 cm³/mol. The molecular formula is C23H26BrN3O3S. The van der Waals surface area contributed by atoms with Crippen molar-refractivity contribution in [2.75, 3.05) is 26.2 Å². The number of nitriles is 1. The van der Waals surface area contributed by atoms with Crippen LogP contribution in [0.5, 0.6) is 5.75 Å². The first-order chi connectivity index (χ1) is 15.0. The van der Waals surface area contributed by atoms with Gasteiger partial charge in [-0.05, 0) is 81.2 Å². The van der Waals surface area contributed by atoms with Crippen molar-refractivity contribution < 1.29 is 13.2 Å². The molecule has 2 aromatic rings. The SMILES string of the molecule is N#Cc1ccc2c(c1)[C@H]1CCCN(CCCCNS(=O)(=O)c3ccc(Br)cc3)[C@@H]1CO2. The van der Waals surface area contributed by atoms with Crippen LogP contribution in [0.25, 0.3) is 0 Å². The summed E-state index contributed by atoms with van der Waals surface area (Å²) in [5.74, 6) is 1.30. The summed E-state index contributed by atoms with van der Waals surface area (Å²) < 4.78 is 34.3. The monoisotopic (exact) mass is 503 g/mol. The van der Waals surface area contributed by atoms with Crippen LogP contribution in [-0.2, 0) is 10.0 Å². The van der Waals surface area contributed by atoms with Gasteiger partial charge in [-0.2, -0.15) is 5.26 Å². The fourth-order valence-corrected chi connectivity index (χ4v) is 5.89. The third-order valence-electron chi connectivity index (χ3n) is 6.13. The third kappa shape index (κ3) is 5.12. The van der Waals surface area contributed by atoms with Gasteiger partial charge < -0.3 is 4.74 Å². The molecule has 6 nitrogen and oxygen atoms in total. The first-order valence-electron chi connectivity index (χ1n) is 10.6. The van der Waals surface area contributed by atoms with E-state index in [2.05, 4.69) is 31.6 Å². The Morgan fingerprint density at radius 1 is 1.19 bits per heavy atom. The first kappa shape index (κ1) is 22.3. The van der Waals surface area contributed by atoms with Crippen LogP contribution in [-0.4, -0.2) is 45.6 Å². The second-order valence-electron chi connectivity index (χ2n) is 8.09. The van der Waals surface area contributed by atoms with Crippen molar-refractivity contribution in [2.45, 2.75) is 42.5 Å². The van der Waals surface area contributed by atoms with Crippen molar-refractivity contribution in [3.63, 3.8) is 0 Å². The average Bonchev–Trinajstić information content (AvgIpc) is 2.78. The number of nitrogens with zero attached hydrogens (tertiary/aromatic N) is 2. The number of benzene rings is 2. The van der Waals surface area contributed by atoms with Gasteiger partial charge in [0.2, 0.25) is 10.0 Å². The Kier molecular flexibility index (Phi) is 6.97. The minimum Gasteiger partial charge on any atom is -0.492 e. The summed E-state index contributed by atoms with van der Waals surface area (Å²) in [5, 5.41) is 9.24. The second kappa shape index (κ2) is 9.70. The number of likely N-dealkylation sites (tertiary alicyclic amines) is 1. The van der Waals surface area contributed by atoms with Gasteiger partial charge in [-0.1, -0.05) is 15.9 Å². The summed E-state index contributed by atoms with van der Waals surface area (Å²) >= 11 is 3.32. The summed E-state index contributed by atoms with van der Waals surface area (Å²) in [6.45, 7) is 3.03. The highest BCUT2D eigenvalue weighted by molar-refractivity contribution is 9.10. The lowest BCUT2D eigenvalue weighted by Gasteiger charge is -2.44. The van der Waals surface area contributed by atoms with Gasteiger partial charge in [0.1, 0.15) is 12.4 Å². The smallest absolute Gasteiger partial charge is 0.240 e. The van der Waals surface area contributed by atoms with Crippen LogP contribution in [0.1, 0.15) is 42.7 Å². The van der Waals surface area contributed by atoms with Gasteiger partial charge in [0.25, 0.3) is 0 Å². The molecule has 1 saturated heterocycles. The zero-order chi connectivity index (χ0) is 21.8. The molecule has 4 rings (SSSR count). The molecule has 2 aliphatic rings. The van der Waals surface area contributed by atoms with Crippen LogP contribution in [0.4, 0.5) is 0 Å². The molecule has 0 bridgehead atoms. The number of fused-ring (bicyclic) bond motifs is 3. The Labute approximate surface area is 192 Å². The van der Waals surface area contributed by atoms with E-state index in [4.69, 9.17) is 4.74 Å². The number of hydrogen-bond donors (Lipinski definition) is 1. The number of unbranched alkanes of at least 4 members (excludes halogenated alkanes) is 1. The van der Waals surface area contributed by atoms with Gasteiger partial charge in [0.15, 0.2) is 0 Å². The summed E-state index contributed by atoms with van der Waals surface area (Å²) in [5.41, 5.74) is 1.83. The normalized spacial score (nSPS) is 20.9. The largest absolute Gasteiger partial charge is 0.492 e. The van der Waals surface area contributed by atoms with Gasteiger partial charge in [0, 0.05) is 22.5 Å². The molecule has 1 N–H and O–H groups in total. The maximum absolute atomic E-state index is 12.4. The third-order valence-corrected chi connectivity index (χ3v) is 8.14. The van der Waals surface area contributed by atoms with Crippen molar-refractivity contribution >= 4 is 26.0 Å². The topological polar surface area (TPSA) is 82.4 Å². The molecule has 0 aliphatic carbocycles. The first-order valence-corrected chi connectivity index (χ1v) is 12.9. The predicted octanol–water partition coefficient (Wildman–Crippen LogP) is 4.02. The molecule has 164 valence electrons. The minimum atomic E-state index is -3.47. The van der Waals surface area contributed by atoms with E-state index < -0.39 is 10.0 Å². The summed E-state index contributed by atoms with van der Waals surface area (Å²) in [6, 6.07) is 14.9. The summed E-state index contributed by atoms with van der Waals surface area (Å²) in [4.78, 5) is 2.75. The van der Waals surface area contributed by atoms with Crippen LogP contribution in [0.15, 0.2) is 51.8 Å². The average molecular weight is 504 g/mol. The van der Waals surface area contributed by atoms with E-state index in [0.29, 0.717) is 30.7 Å². The molecule has 31 heavy (non-hydrogen) atoms. The summed E-state index contributed by atoms with van der Waals surface area (Å²) in [6.07, 6.45) is 3.92. The molecule has 2 heterocycles. The Morgan fingerprint density at radius 3 is 2.77 bits per heavy atom. The molecule has 0 amide bonds. The molecule has 2 aliphatic heterocycles.